The zero-order valence-corrected chi connectivity index (χ0v) is 6.49. The third-order valence-corrected chi connectivity index (χ3v) is 1.21. The van der Waals surface area contributed by atoms with Gasteiger partial charge in [-0.05, 0) is 0 Å². The van der Waals surface area contributed by atoms with Gasteiger partial charge in [0, 0.05) is 13.0 Å². The lowest BCUT2D eigenvalue weighted by Gasteiger charge is -2.05. The second-order valence-electron chi connectivity index (χ2n) is 2.20. The van der Waals surface area contributed by atoms with Gasteiger partial charge in [-0.25, -0.2) is 4.79 Å². The first-order valence-electron chi connectivity index (χ1n) is 3.45. The summed E-state index contributed by atoms with van der Waals surface area (Å²) in [6.07, 6.45) is -1.44. The molecule has 0 aliphatic heterocycles. The van der Waals surface area contributed by atoms with E-state index in [0.717, 1.165) is 0 Å². The molecular formula is C6H12N2O4. The Morgan fingerprint density at radius 2 is 2.08 bits per heavy atom. The Morgan fingerprint density at radius 1 is 1.50 bits per heavy atom. The quantitative estimate of drug-likeness (QED) is 0.383. The fourth-order valence-electron chi connectivity index (χ4n) is 0.544. The Morgan fingerprint density at radius 3 is 2.50 bits per heavy atom. The highest BCUT2D eigenvalue weighted by Gasteiger charge is 2.12. The van der Waals surface area contributed by atoms with Crippen LogP contribution in [0.1, 0.15) is 6.42 Å². The van der Waals surface area contributed by atoms with Crippen molar-refractivity contribution in [2.45, 2.75) is 12.5 Å². The molecule has 0 rings (SSSR count). The molecule has 0 aromatic carbocycles. The maximum absolute atomic E-state index is 10.5. The number of amides is 1. The van der Waals surface area contributed by atoms with Gasteiger partial charge in [0.1, 0.15) is 0 Å². The molecule has 0 aromatic rings. The van der Waals surface area contributed by atoms with Crippen molar-refractivity contribution in [3.8, 4) is 0 Å². The van der Waals surface area contributed by atoms with Gasteiger partial charge in [-0.3, -0.25) is 4.79 Å². The Hall–Kier alpha value is -1.14. The number of rotatable bonds is 5. The number of carboxylic acid groups (broad SMARTS) is 1. The predicted molar refractivity (Wildman–Crippen MR) is 40.3 cm³/mol. The first-order valence-corrected chi connectivity index (χ1v) is 3.45. The standard InChI is InChI=1S/C6H12N2O4/c7-3-5(10)8-2-1-4(9)6(11)12/h4,9H,1-3,7H2,(H,8,10)(H,11,12). The molecule has 0 saturated carbocycles. The van der Waals surface area contributed by atoms with Crippen LogP contribution in [0.4, 0.5) is 0 Å². The van der Waals surface area contributed by atoms with E-state index in [9.17, 15) is 9.59 Å². The van der Waals surface area contributed by atoms with E-state index in [0.29, 0.717) is 0 Å². The fraction of sp³-hybridized carbons (Fsp3) is 0.667. The molecule has 0 aliphatic carbocycles. The number of carboxylic acids is 1. The monoisotopic (exact) mass is 176 g/mol. The van der Waals surface area contributed by atoms with Gasteiger partial charge in [0.05, 0.1) is 6.54 Å². The minimum absolute atomic E-state index is 0.0128. The average Bonchev–Trinajstić information content (AvgIpc) is 2.03. The Bertz CT molecular complexity index is 171. The van der Waals surface area contributed by atoms with Crippen molar-refractivity contribution in [2.24, 2.45) is 5.73 Å². The van der Waals surface area contributed by atoms with E-state index < -0.39 is 12.1 Å². The highest BCUT2D eigenvalue weighted by molar-refractivity contribution is 5.77. The Kier molecular flexibility index (Phi) is 4.98. The van der Waals surface area contributed by atoms with Crippen LogP contribution in [-0.4, -0.2) is 41.3 Å². The molecule has 0 heterocycles. The average molecular weight is 176 g/mol. The van der Waals surface area contributed by atoms with Crippen LogP contribution < -0.4 is 11.1 Å². The number of carbonyl (C=O) groups excluding carboxylic acids is 1. The minimum atomic E-state index is -1.43. The van der Waals surface area contributed by atoms with Crippen LogP contribution in [0.2, 0.25) is 0 Å². The second-order valence-corrected chi connectivity index (χ2v) is 2.20. The third kappa shape index (κ3) is 4.64. The van der Waals surface area contributed by atoms with Crippen molar-refractivity contribution in [3.05, 3.63) is 0 Å². The Balaban J connectivity index is 3.43. The van der Waals surface area contributed by atoms with Gasteiger partial charge in [-0.2, -0.15) is 0 Å². The molecule has 0 fully saturated rings. The molecular weight excluding hydrogens is 164 g/mol. The number of hydrogen-bond donors (Lipinski definition) is 4. The summed E-state index contributed by atoms with van der Waals surface area (Å²) < 4.78 is 0. The molecule has 0 saturated heterocycles. The SMILES string of the molecule is NCC(=O)NCCC(O)C(=O)O. The summed E-state index contributed by atoms with van der Waals surface area (Å²) in [6.45, 7) is -0.0212. The molecule has 0 spiro atoms. The maximum Gasteiger partial charge on any atom is 0.332 e. The van der Waals surface area contributed by atoms with Crippen molar-refractivity contribution >= 4 is 11.9 Å². The summed E-state index contributed by atoms with van der Waals surface area (Å²) in [4.78, 5) is 20.6. The predicted octanol–water partition coefficient (Wildman–Crippen LogP) is -2.10. The number of aliphatic hydroxyl groups excluding tert-OH is 1. The highest BCUT2D eigenvalue weighted by Crippen LogP contribution is 1.88. The number of nitrogens with two attached hydrogens (primary N) is 1. The van der Waals surface area contributed by atoms with Crippen molar-refractivity contribution in [1.29, 1.82) is 0 Å². The summed E-state index contributed by atoms with van der Waals surface area (Å²) in [5.41, 5.74) is 4.96. The second kappa shape index (κ2) is 5.50. The summed E-state index contributed by atoms with van der Waals surface area (Å²) in [7, 11) is 0. The van der Waals surface area contributed by atoms with Crippen molar-refractivity contribution < 1.29 is 19.8 Å². The minimum Gasteiger partial charge on any atom is -0.479 e. The molecule has 6 heteroatoms. The largest absolute Gasteiger partial charge is 0.479 e. The van der Waals surface area contributed by atoms with E-state index in [1.54, 1.807) is 0 Å². The number of aliphatic hydroxyl groups is 1. The van der Waals surface area contributed by atoms with Gasteiger partial charge >= 0.3 is 5.97 Å². The molecule has 70 valence electrons. The van der Waals surface area contributed by atoms with E-state index >= 15 is 0 Å². The zero-order chi connectivity index (χ0) is 9.56. The smallest absolute Gasteiger partial charge is 0.332 e. The zero-order valence-electron chi connectivity index (χ0n) is 6.49. The Labute approximate surface area is 69.4 Å². The van der Waals surface area contributed by atoms with Crippen LogP contribution in [-0.2, 0) is 9.59 Å². The lowest BCUT2D eigenvalue weighted by atomic mass is 10.2. The lowest BCUT2D eigenvalue weighted by Crippen LogP contribution is -2.33. The molecule has 0 aromatic heterocycles. The lowest BCUT2D eigenvalue weighted by molar-refractivity contribution is -0.147. The van der Waals surface area contributed by atoms with Crippen LogP contribution in [0.15, 0.2) is 0 Å². The summed E-state index contributed by atoms with van der Waals surface area (Å²) in [6, 6.07) is 0. The van der Waals surface area contributed by atoms with Gasteiger partial charge in [0.15, 0.2) is 6.10 Å². The molecule has 1 amide bonds. The third-order valence-electron chi connectivity index (χ3n) is 1.21. The maximum atomic E-state index is 10.5. The molecule has 1 unspecified atom stereocenters. The van der Waals surface area contributed by atoms with E-state index in [-0.39, 0.29) is 25.4 Å². The number of nitrogens with one attached hydrogen (secondary N) is 1. The molecule has 0 radical (unpaired) electrons. The van der Waals surface area contributed by atoms with Gasteiger partial charge < -0.3 is 21.3 Å². The van der Waals surface area contributed by atoms with Crippen LogP contribution in [0.25, 0.3) is 0 Å². The van der Waals surface area contributed by atoms with E-state index in [1.165, 1.54) is 0 Å². The number of hydrogen-bond acceptors (Lipinski definition) is 4. The summed E-state index contributed by atoms with van der Waals surface area (Å²) in [5.74, 6) is -1.66. The van der Waals surface area contributed by atoms with Crippen molar-refractivity contribution in [3.63, 3.8) is 0 Å². The molecule has 0 aliphatic rings. The first kappa shape index (κ1) is 10.9. The number of carbonyl (C=O) groups is 2. The normalized spacial score (nSPS) is 12.2. The van der Waals surface area contributed by atoms with Crippen LogP contribution in [0.5, 0.6) is 0 Å². The van der Waals surface area contributed by atoms with E-state index in [2.05, 4.69) is 5.32 Å². The van der Waals surface area contributed by atoms with E-state index in [4.69, 9.17) is 15.9 Å². The summed E-state index contributed by atoms with van der Waals surface area (Å²) >= 11 is 0. The summed E-state index contributed by atoms with van der Waals surface area (Å²) in [5, 5.41) is 19.3. The topological polar surface area (TPSA) is 113 Å². The van der Waals surface area contributed by atoms with Crippen LogP contribution >= 0.6 is 0 Å². The molecule has 5 N–H and O–H groups in total. The molecule has 12 heavy (non-hydrogen) atoms. The van der Waals surface area contributed by atoms with E-state index in [1.807, 2.05) is 0 Å². The van der Waals surface area contributed by atoms with Gasteiger partial charge in [0.25, 0.3) is 0 Å². The molecule has 6 nitrogen and oxygen atoms in total. The highest BCUT2D eigenvalue weighted by atomic mass is 16.4. The molecule has 0 bridgehead atoms. The fourth-order valence-corrected chi connectivity index (χ4v) is 0.544. The first-order chi connectivity index (χ1) is 5.57. The number of aliphatic carboxylic acids is 1. The van der Waals surface area contributed by atoms with Crippen LogP contribution in [0, 0.1) is 0 Å². The van der Waals surface area contributed by atoms with Crippen molar-refractivity contribution in [2.75, 3.05) is 13.1 Å². The molecule has 1 atom stereocenters. The van der Waals surface area contributed by atoms with Gasteiger partial charge in [-0.1, -0.05) is 0 Å². The van der Waals surface area contributed by atoms with Crippen LogP contribution in [0.3, 0.4) is 0 Å². The van der Waals surface area contributed by atoms with Gasteiger partial charge in [0.2, 0.25) is 5.91 Å². The van der Waals surface area contributed by atoms with Gasteiger partial charge in [-0.15, -0.1) is 0 Å². The van der Waals surface area contributed by atoms with Crippen molar-refractivity contribution in [1.82, 2.24) is 5.32 Å².